The molecule has 10 nitrogen and oxygen atoms in total. The van der Waals surface area contributed by atoms with E-state index in [4.69, 9.17) is 0 Å². The number of nitrogens with one attached hydrogen (secondary N) is 3. The Labute approximate surface area is 207 Å². The summed E-state index contributed by atoms with van der Waals surface area (Å²) in [6, 6.07) is 7.50. The lowest BCUT2D eigenvalue weighted by Crippen LogP contribution is -2.33. The van der Waals surface area contributed by atoms with Crippen LogP contribution in [0.1, 0.15) is 23.2 Å². The zero-order valence-corrected chi connectivity index (χ0v) is 20.0. The van der Waals surface area contributed by atoms with Gasteiger partial charge in [0.25, 0.3) is 5.91 Å². The van der Waals surface area contributed by atoms with E-state index in [9.17, 15) is 4.79 Å². The molecule has 1 fully saturated rings. The van der Waals surface area contributed by atoms with Crippen molar-refractivity contribution in [3.05, 3.63) is 67.0 Å². The topological polar surface area (TPSA) is 116 Å². The lowest BCUT2D eigenvalue weighted by molar-refractivity contribution is 0.102. The molecule has 0 spiro atoms. The first-order valence-electron chi connectivity index (χ1n) is 12.1. The lowest BCUT2D eigenvalue weighted by atomic mass is 9.97. The van der Waals surface area contributed by atoms with Crippen LogP contribution in [-0.4, -0.2) is 67.0 Å². The summed E-state index contributed by atoms with van der Waals surface area (Å²) in [7, 11) is 2.17. The van der Waals surface area contributed by atoms with E-state index in [1.807, 2.05) is 30.7 Å². The van der Waals surface area contributed by atoms with E-state index in [1.165, 1.54) is 12.8 Å². The Balaban J connectivity index is 1.23. The molecule has 0 radical (unpaired) electrons. The smallest absolute Gasteiger partial charge is 0.259 e. The van der Waals surface area contributed by atoms with Gasteiger partial charge in [0.2, 0.25) is 5.95 Å². The Bertz CT molecular complexity index is 1520. The van der Waals surface area contributed by atoms with E-state index < -0.39 is 0 Å². The number of nitrogens with zero attached hydrogens (tertiary/aromatic N) is 6. The van der Waals surface area contributed by atoms with Gasteiger partial charge in [0.05, 0.1) is 29.2 Å². The van der Waals surface area contributed by atoms with Crippen molar-refractivity contribution >= 4 is 34.1 Å². The first kappa shape index (κ1) is 22.2. The van der Waals surface area contributed by atoms with E-state index in [0.29, 0.717) is 28.6 Å². The quantitative estimate of drug-likeness (QED) is 0.339. The summed E-state index contributed by atoms with van der Waals surface area (Å²) in [5.41, 5.74) is 4.51. The summed E-state index contributed by atoms with van der Waals surface area (Å²) in [5.74, 6) is 1.04. The molecule has 3 N–H and O–H groups in total. The third-order valence-electron chi connectivity index (χ3n) is 6.82. The fourth-order valence-corrected chi connectivity index (χ4v) is 4.69. The number of aromatic nitrogens is 6. The highest BCUT2D eigenvalue weighted by Crippen LogP contribution is 2.29. The highest BCUT2D eigenvalue weighted by molar-refractivity contribution is 6.09. The summed E-state index contributed by atoms with van der Waals surface area (Å²) >= 11 is 0. The normalized spacial score (nSPS) is 14.9. The number of fused-ring (bicyclic) bond motifs is 2. The van der Waals surface area contributed by atoms with Crippen LogP contribution in [0.2, 0.25) is 0 Å². The van der Waals surface area contributed by atoms with Crippen LogP contribution in [0.5, 0.6) is 0 Å². The van der Waals surface area contributed by atoms with Gasteiger partial charge in [-0.2, -0.15) is 10.1 Å². The number of piperidine rings is 1. The van der Waals surface area contributed by atoms with Crippen molar-refractivity contribution in [2.24, 2.45) is 5.92 Å². The van der Waals surface area contributed by atoms with E-state index in [-0.39, 0.29) is 5.91 Å². The molecule has 0 bridgehead atoms. The van der Waals surface area contributed by atoms with Gasteiger partial charge in [-0.3, -0.25) is 9.78 Å². The molecule has 0 atom stereocenters. The SMILES string of the molecule is CN1CCC(CNc2ncc3c(-c4ccn5ncc(C(=O)Nc6cccnc6)c5c4)c[nH]c3n2)CC1. The van der Waals surface area contributed by atoms with Crippen LogP contribution in [-0.2, 0) is 0 Å². The third-order valence-corrected chi connectivity index (χ3v) is 6.82. The lowest BCUT2D eigenvalue weighted by Gasteiger charge is -2.28. The molecular formula is C26H27N9O. The van der Waals surface area contributed by atoms with Crippen molar-refractivity contribution in [2.75, 3.05) is 37.3 Å². The van der Waals surface area contributed by atoms with Crippen molar-refractivity contribution in [1.29, 1.82) is 0 Å². The minimum absolute atomic E-state index is 0.238. The zero-order valence-electron chi connectivity index (χ0n) is 20.0. The van der Waals surface area contributed by atoms with Crippen LogP contribution in [0, 0.1) is 5.92 Å². The second-order valence-corrected chi connectivity index (χ2v) is 9.29. The first-order chi connectivity index (χ1) is 17.6. The number of likely N-dealkylation sites (tertiary alicyclic amines) is 1. The Morgan fingerprint density at radius 3 is 2.92 bits per heavy atom. The van der Waals surface area contributed by atoms with Crippen molar-refractivity contribution < 1.29 is 4.79 Å². The molecular weight excluding hydrogens is 454 g/mol. The number of carbonyl (C=O) groups is 1. The highest BCUT2D eigenvalue weighted by Gasteiger charge is 2.18. The molecule has 0 saturated carbocycles. The van der Waals surface area contributed by atoms with E-state index in [2.05, 4.69) is 47.6 Å². The summed E-state index contributed by atoms with van der Waals surface area (Å²) in [4.78, 5) is 31.9. The van der Waals surface area contributed by atoms with Gasteiger partial charge in [0, 0.05) is 42.3 Å². The molecule has 182 valence electrons. The number of pyridine rings is 2. The van der Waals surface area contributed by atoms with Gasteiger partial charge in [0.15, 0.2) is 0 Å². The summed E-state index contributed by atoms with van der Waals surface area (Å²) in [6.45, 7) is 3.16. The first-order valence-corrected chi connectivity index (χ1v) is 12.1. The number of carbonyl (C=O) groups excluding carboxylic acids is 1. The van der Waals surface area contributed by atoms with Crippen LogP contribution in [0.3, 0.4) is 0 Å². The molecule has 0 unspecified atom stereocenters. The average molecular weight is 482 g/mol. The highest BCUT2D eigenvalue weighted by atomic mass is 16.1. The number of hydrogen-bond donors (Lipinski definition) is 3. The maximum Gasteiger partial charge on any atom is 0.259 e. The predicted molar refractivity (Wildman–Crippen MR) is 139 cm³/mol. The van der Waals surface area contributed by atoms with Crippen LogP contribution in [0.4, 0.5) is 11.6 Å². The Morgan fingerprint density at radius 1 is 1.19 bits per heavy atom. The molecule has 0 aliphatic carbocycles. The molecule has 1 saturated heterocycles. The maximum atomic E-state index is 12.9. The van der Waals surface area contributed by atoms with E-state index >= 15 is 0 Å². The van der Waals surface area contributed by atoms with Gasteiger partial charge in [-0.1, -0.05) is 0 Å². The minimum Gasteiger partial charge on any atom is -0.354 e. The van der Waals surface area contributed by atoms with Crippen molar-refractivity contribution in [2.45, 2.75) is 12.8 Å². The molecule has 5 aromatic rings. The molecule has 1 aliphatic heterocycles. The Hall–Kier alpha value is -4.31. The molecule has 36 heavy (non-hydrogen) atoms. The summed E-state index contributed by atoms with van der Waals surface area (Å²) in [6.07, 6.45) is 12.9. The Morgan fingerprint density at radius 2 is 2.08 bits per heavy atom. The van der Waals surface area contributed by atoms with Gasteiger partial charge < -0.3 is 20.5 Å². The van der Waals surface area contributed by atoms with E-state index in [1.54, 1.807) is 35.2 Å². The molecule has 6 heterocycles. The van der Waals surface area contributed by atoms with Crippen LogP contribution >= 0.6 is 0 Å². The van der Waals surface area contributed by atoms with Gasteiger partial charge >= 0.3 is 0 Å². The number of H-pyrrole nitrogens is 1. The van der Waals surface area contributed by atoms with E-state index in [0.717, 1.165) is 41.8 Å². The fraction of sp³-hybridized carbons (Fsp3) is 0.269. The predicted octanol–water partition coefficient (Wildman–Crippen LogP) is 3.67. The molecule has 5 aromatic heterocycles. The number of anilines is 2. The van der Waals surface area contributed by atoms with Crippen LogP contribution < -0.4 is 10.6 Å². The van der Waals surface area contributed by atoms with Gasteiger partial charge in [-0.05, 0) is 68.7 Å². The molecule has 1 amide bonds. The maximum absolute atomic E-state index is 12.9. The number of rotatable bonds is 6. The van der Waals surface area contributed by atoms with Crippen LogP contribution in [0.25, 0.3) is 27.7 Å². The van der Waals surface area contributed by atoms with Crippen molar-refractivity contribution in [3.8, 4) is 11.1 Å². The average Bonchev–Trinajstić information content (AvgIpc) is 3.52. The molecule has 0 aromatic carbocycles. The van der Waals surface area contributed by atoms with Crippen molar-refractivity contribution in [3.63, 3.8) is 0 Å². The summed E-state index contributed by atoms with van der Waals surface area (Å²) < 4.78 is 1.69. The third kappa shape index (κ3) is 4.38. The number of hydrogen-bond acceptors (Lipinski definition) is 7. The van der Waals surface area contributed by atoms with Crippen molar-refractivity contribution in [1.82, 2.24) is 34.4 Å². The molecule has 1 aliphatic rings. The molecule has 10 heteroatoms. The fourth-order valence-electron chi connectivity index (χ4n) is 4.69. The number of amides is 1. The van der Waals surface area contributed by atoms with Gasteiger partial charge in [-0.15, -0.1) is 0 Å². The molecule has 6 rings (SSSR count). The standard InChI is InChI=1S/C26H27N9O/c1-34-8-4-17(5-9-34)12-29-26-30-15-21-20(14-28-24(21)33-26)18-6-10-35-23(11-18)22(16-31-35)25(36)32-19-3-2-7-27-13-19/h2-3,6-7,10-11,13-17H,4-5,8-9,12H2,1H3,(H,32,36)(H2,28,29,30,33). The van der Waals surface area contributed by atoms with Crippen LogP contribution in [0.15, 0.2) is 61.4 Å². The largest absolute Gasteiger partial charge is 0.354 e. The second-order valence-electron chi connectivity index (χ2n) is 9.29. The summed E-state index contributed by atoms with van der Waals surface area (Å²) in [5, 5.41) is 11.5. The zero-order chi connectivity index (χ0) is 24.5. The minimum atomic E-state index is -0.238. The van der Waals surface area contributed by atoms with Gasteiger partial charge in [-0.25, -0.2) is 9.50 Å². The monoisotopic (exact) mass is 481 g/mol. The second kappa shape index (κ2) is 9.38. The number of aromatic amines is 1. The Kier molecular flexibility index (Phi) is 5.78. The van der Waals surface area contributed by atoms with Gasteiger partial charge in [0.1, 0.15) is 5.65 Å².